The van der Waals surface area contributed by atoms with E-state index in [1.54, 1.807) is 35.5 Å². The number of hydrogen-bond donors (Lipinski definition) is 2. The van der Waals surface area contributed by atoms with Gasteiger partial charge in [0.15, 0.2) is 0 Å². The Balaban J connectivity index is 1.88. The topological polar surface area (TPSA) is 88.3 Å². The second-order valence-electron chi connectivity index (χ2n) is 5.99. The number of anilines is 1. The SMILES string of the molecule is Cc1cccc(C(=O)N2CC[C@@H](N)C2)c1NC(=O)c1ccncc1. The lowest BCUT2D eigenvalue weighted by Crippen LogP contribution is -2.32. The smallest absolute Gasteiger partial charge is 0.256 e. The molecule has 0 aliphatic carbocycles. The number of pyridine rings is 1. The third-order valence-electron chi connectivity index (χ3n) is 4.20. The van der Waals surface area contributed by atoms with Crippen molar-refractivity contribution < 1.29 is 9.59 Å². The molecular formula is C18H20N4O2. The molecule has 0 bridgehead atoms. The van der Waals surface area contributed by atoms with Crippen LogP contribution in [-0.2, 0) is 0 Å². The van der Waals surface area contributed by atoms with Gasteiger partial charge in [-0.1, -0.05) is 12.1 Å². The zero-order valence-corrected chi connectivity index (χ0v) is 13.5. The molecule has 1 aliphatic heterocycles. The summed E-state index contributed by atoms with van der Waals surface area (Å²) in [6.45, 7) is 3.06. The molecule has 2 heterocycles. The van der Waals surface area contributed by atoms with E-state index in [1.807, 2.05) is 19.1 Å². The Bertz CT molecular complexity index is 761. The van der Waals surface area contributed by atoms with Crippen LogP contribution in [0.2, 0.25) is 0 Å². The molecule has 0 saturated carbocycles. The second-order valence-corrected chi connectivity index (χ2v) is 5.99. The molecule has 1 aromatic heterocycles. The maximum absolute atomic E-state index is 12.8. The zero-order valence-electron chi connectivity index (χ0n) is 13.5. The number of likely N-dealkylation sites (tertiary alicyclic amines) is 1. The highest BCUT2D eigenvalue weighted by Gasteiger charge is 2.27. The van der Waals surface area contributed by atoms with Gasteiger partial charge in [0.1, 0.15) is 0 Å². The van der Waals surface area contributed by atoms with Gasteiger partial charge >= 0.3 is 0 Å². The van der Waals surface area contributed by atoms with Crippen LogP contribution >= 0.6 is 0 Å². The van der Waals surface area contributed by atoms with Crippen molar-refractivity contribution in [2.75, 3.05) is 18.4 Å². The number of nitrogens with zero attached hydrogens (tertiary/aromatic N) is 2. The quantitative estimate of drug-likeness (QED) is 0.901. The Kier molecular flexibility index (Phi) is 4.57. The van der Waals surface area contributed by atoms with E-state index >= 15 is 0 Å². The van der Waals surface area contributed by atoms with Gasteiger partial charge < -0.3 is 16.0 Å². The van der Waals surface area contributed by atoms with Crippen molar-refractivity contribution in [3.8, 4) is 0 Å². The molecular weight excluding hydrogens is 304 g/mol. The molecule has 124 valence electrons. The molecule has 6 nitrogen and oxygen atoms in total. The van der Waals surface area contributed by atoms with Crippen molar-refractivity contribution in [3.05, 3.63) is 59.4 Å². The van der Waals surface area contributed by atoms with Crippen molar-refractivity contribution in [2.24, 2.45) is 5.73 Å². The van der Waals surface area contributed by atoms with Gasteiger partial charge in [-0.05, 0) is 37.1 Å². The summed E-state index contributed by atoms with van der Waals surface area (Å²) < 4.78 is 0. The standard InChI is InChI=1S/C18H20N4O2/c1-12-3-2-4-15(18(24)22-10-7-14(19)11-22)16(12)21-17(23)13-5-8-20-9-6-13/h2-6,8-9,14H,7,10-11,19H2,1H3,(H,21,23)/t14-/m1/s1. The fourth-order valence-electron chi connectivity index (χ4n) is 2.84. The summed E-state index contributed by atoms with van der Waals surface area (Å²) in [7, 11) is 0. The number of hydrogen-bond acceptors (Lipinski definition) is 4. The molecule has 1 fully saturated rings. The van der Waals surface area contributed by atoms with E-state index in [0.717, 1.165) is 12.0 Å². The average molecular weight is 324 g/mol. The first kappa shape index (κ1) is 16.1. The molecule has 3 N–H and O–H groups in total. The van der Waals surface area contributed by atoms with E-state index in [4.69, 9.17) is 5.73 Å². The van der Waals surface area contributed by atoms with Gasteiger partial charge in [0.05, 0.1) is 11.3 Å². The van der Waals surface area contributed by atoms with Crippen LogP contribution in [0.1, 0.15) is 32.7 Å². The van der Waals surface area contributed by atoms with Gasteiger partial charge in [0, 0.05) is 37.1 Å². The number of benzene rings is 1. The van der Waals surface area contributed by atoms with Gasteiger partial charge in [-0.15, -0.1) is 0 Å². The van der Waals surface area contributed by atoms with Crippen molar-refractivity contribution in [2.45, 2.75) is 19.4 Å². The molecule has 1 aromatic carbocycles. The Morgan fingerprint density at radius 3 is 2.67 bits per heavy atom. The first-order chi connectivity index (χ1) is 11.6. The van der Waals surface area contributed by atoms with Gasteiger partial charge in [0.2, 0.25) is 0 Å². The number of amides is 2. The first-order valence-corrected chi connectivity index (χ1v) is 7.92. The number of carbonyl (C=O) groups is 2. The highest BCUT2D eigenvalue weighted by Crippen LogP contribution is 2.24. The second kappa shape index (κ2) is 6.80. The minimum absolute atomic E-state index is 0.0219. The number of aryl methyl sites for hydroxylation is 1. The van der Waals surface area contributed by atoms with Crippen molar-refractivity contribution in [1.29, 1.82) is 0 Å². The number of aromatic nitrogens is 1. The third kappa shape index (κ3) is 3.28. The third-order valence-corrected chi connectivity index (χ3v) is 4.20. The van der Waals surface area contributed by atoms with Crippen molar-refractivity contribution in [3.63, 3.8) is 0 Å². The highest BCUT2D eigenvalue weighted by atomic mass is 16.2. The fourth-order valence-corrected chi connectivity index (χ4v) is 2.84. The summed E-state index contributed by atoms with van der Waals surface area (Å²) in [5.41, 5.74) is 8.27. The van der Waals surface area contributed by atoms with E-state index in [2.05, 4.69) is 10.3 Å². The molecule has 0 radical (unpaired) electrons. The number of rotatable bonds is 3. The fraction of sp³-hybridized carbons (Fsp3) is 0.278. The Morgan fingerprint density at radius 2 is 2.00 bits per heavy atom. The Hall–Kier alpha value is -2.73. The number of nitrogens with two attached hydrogens (primary N) is 1. The van der Waals surface area contributed by atoms with Crippen LogP contribution in [0.25, 0.3) is 0 Å². The number of nitrogens with one attached hydrogen (secondary N) is 1. The predicted molar refractivity (Wildman–Crippen MR) is 91.9 cm³/mol. The van der Waals surface area contributed by atoms with Crippen LogP contribution in [0, 0.1) is 6.92 Å². The van der Waals surface area contributed by atoms with Gasteiger partial charge in [-0.3, -0.25) is 14.6 Å². The average Bonchev–Trinajstić information content (AvgIpc) is 3.03. The summed E-state index contributed by atoms with van der Waals surface area (Å²) in [6.07, 6.45) is 3.92. The zero-order chi connectivity index (χ0) is 17.1. The minimum Gasteiger partial charge on any atom is -0.337 e. The van der Waals surface area contributed by atoms with Crippen LogP contribution in [-0.4, -0.2) is 40.8 Å². The molecule has 24 heavy (non-hydrogen) atoms. The van der Waals surface area contributed by atoms with E-state index in [9.17, 15) is 9.59 Å². The van der Waals surface area contributed by atoms with Crippen LogP contribution in [0.5, 0.6) is 0 Å². The van der Waals surface area contributed by atoms with Crippen LogP contribution in [0.15, 0.2) is 42.7 Å². The lowest BCUT2D eigenvalue weighted by Gasteiger charge is -2.19. The lowest BCUT2D eigenvalue weighted by molar-refractivity contribution is 0.0792. The van der Waals surface area contributed by atoms with Gasteiger partial charge in [-0.2, -0.15) is 0 Å². The molecule has 6 heteroatoms. The largest absolute Gasteiger partial charge is 0.337 e. The van der Waals surface area contributed by atoms with Crippen molar-refractivity contribution >= 4 is 17.5 Å². The molecule has 1 aliphatic rings. The molecule has 0 unspecified atom stereocenters. The van der Waals surface area contributed by atoms with Crippen LogP contribution in [0.3, 0.4) is 0 Å². The molecule has 3 rings (SSSR count). The first-order valence-electron chi connectivity index (χ1n) is 7.92. The summed E-state index contributed by atoms with van der Waals surface area (Å²) in [5, 5.41) is 2.87. The molecule has 2 amide bonds. The summed E-state index contributed by atoms with van der Waals surface area (Å²) >= 11 is 0. The monoisotopic (exact) mass is 324 g/mol. The maximum atomic E-state index is 12.8. The Labute approximate surface area is 140 Å². The van der Waals surface area contributed by atoms with E-state index in [-0.39, 0.29) is 17.9 Å². The predicted octanol–water partition coefficient (Wildman–Crippen LogP) is 1.82. The van der Waals surface area contributed by atoms with Crippen LogP contribution in [0.4, 0.5) is 5.69 Å². The number of para-hydroxylation sites is 1. The lowest BCUT2D eigenvalue weighted by atomic mass is 10.1. The summed E-state index contributed by atoms with van der Waals surface area (Å²) in [6, 6.07) is 8.72. The van der Waals surface area contributed by atoms with E-state index < -0.39 is 0 Å². The normalized spacial score (nSPS) is 16.9. The van der Waals surface area contributed by atoms with Crippen molar-refractivity contribution in [1.82, 2.24) is 9.88 Å². The van der Waals surface area contributed by atoms with Gasteiger partial charge in [0.25, 0.3) is 11.8 Å². The van der Waals surface area contributed by atoms with E-state index in [1.165, 1.54) is 0 Å². The highest BCUT2D eigenvalue weighted by molar-refractivity contribution is 6.09. The molecule has 0 spiro atoms. The van der Waals surface area contributed by atoms with Crippen LogP contribution < -0.4 is 11.1 Å². The summed E-state index contributed by atoms with van der Waals surface area (Å²) in [5.74, 6) is -0.365. The maximum Gasteiger partial charge on any atom is 0.256 e. The van der Waals surface area contributed by atoms with Gasteiger partial charge in [-0.25, -0.2) is 0 Å². The number of carbonyl (C=O) groups excluding carboxylic acids is 2. The minimum atomic E-state index is -0.265. The summed E-state index contributed by atoms with van der Waals surface area (Å²) in [4.78, 5) is 30.9. The van der Waals surface area contributed by atoms with E-state index in [0.29, 0.717) is 29.9 Å². The molecule has 1 atom stereocenters. The Morgan fingerprint density at radius 1 is 1.25 bits per heavy atom. The molecule has 1 saturated heterocycles. The molecule has 2 aromatic rings.